The summed E-state index contributed by atoms with van der Waals surface area (Å²) in [5.74, 6) is 1.71. The fraction of sp³-hybridized carbons (Fsp3) is 0.350. The van der Waals surface area contributed by atoms with Gasteiger partial charge in [-0.2, -0.15) is 0 Å². The van der Waals surface area contributed by atoms with Crippen LogP contribution in [-0.4, -0.2) is 34.8 Å². The number of carbonyl (C=O) groups is 1. The monoisotopic (exact) mass is 482 g/mol. The molecule has 2 aromatic carbocycles. The number of rotatable bonds is 2. The van der Waals surface area contributed by atoms with Gasteiger partial charge in [0.2, 0.25) is 0 Å². The Morgan fingerprint density at radius 2 is 1.58 bits per heavy atom. The van der Waals surface area contributed by atoms with Gasteiger partial charge in [-0.15, -0.1) is 0 Å². The Balaban J connectivity index is 0.000000151. The molecule has 0 saturated heterocycles. The Morgan fingerprint density at radius 3 is 2.23 bits per heavy atom. The van der Waals surface area contributed by atoms with Crippen LogP contribution in [0.3, 0.4) is 0 Å². The summed E-state index contributed by atoms with van der Waals surface area (Å²) in [5.41, 5.74) is 4.09. The highest BCUT2D eigenvalue weighted by Crippen LogP contribution is 2.37. The SMILES string of the molecule is COc1ccc2c(c1)C(=O)C(Br)C2.COc1ccc2c(c1)C(O)C(Br)C2. The first-order chi connectivity index (χ1) is 12.4. The van der Waals surface area contributed by atoms with Crippen molar-refractivity contribution in [2.24, 2.45) is 0 Å². The van der Waals surface area contributed by atoms with Crippen LogP contribution in [0.2, 0.25) is 0 Å². The fourth-order valence-corrected chi connectivity index (χ4v) is 4.45. The van der Waals surface area contributed by atoms with Crippen molar-refractivity contribution in [2.75, 3.05) is 14.2 Å². The predicted octanol–water partition coefficient (Wildman–Crippen LogP) is 4.25. The number of ketones is 1. The zero-order valence-corrected chi connectivity index (χ0v) is 17.7. The summed E-state index contributed by atoms with van der Waals surface area (Å²) in [6.45, 7) is 0. The van der Waals surface area contributed by atoms with Crippen molar-refractivity contribution in [3.05, 3.63) is 58.7 Å². The van der Waals surface area contributed by atoms with Crippen molar-refractivity contribution in [3.63, 3.8) is 0 Å². The lowest BCUT2D eigenvalue weighted by Crippen LogP contribution is -2.06. The molecule has 138 valence electrons. The highest BCUT2D eigenvalue weighted by molar-refractivity contribution is 9.10. The molecule has 6 heteroatoms. The van der Waals surface area contributed by atoms with E-state index in [0.29, 0.717) is 0 Å². The van der Waals surface area contributed by atoms with Gasteiger partial charge >= 0.3 is 0 Å². The van der Waals surface area contributed by atoms with Gasteiger partial charge in [-0.3, -0.25) is 4.79 Å². The molecule has 0 aromatic heterocycles. The van der Waals surface area contributed by atoms with Crippen molar-refractivity contribution in [2.45, 2.75) is 28.6 Å². The lowest BCUT2D eigenvalue weighted by Gasteiger charge is -2.08. The fourth-order valence-electron chi connectivity index (χ4n) is 3.22. The second kappa shape index (κ2) is 8.11. The third-order valence-electron chi connectivity index (χ3n) is 4.70. The van der Waals surface area contributed by atoms with Crippen LogP contribution in [0.25, 0.3) is 0 Å². The first-order valence-electron chi connectivity index (χ1n) is 8.28. The third kappa shape index (κ3) is 3.82. The second-order valence-electron chi connectivity index (χ2n) is 6.29. The highest BCUT2D eigenvalue weighted by Gasteiger charge is 2.29. The molecule has 2 aliphatic rings. The quantitative estimate of drug-likeness (QED) is 0.649. The molecule has 0 radical (unpaired) electrons. The van der Waals surface area contributed by atoms with Crippen molar-refractivity contribution in [1.29, 1.82) is 0 Å². The van der Waals surface area contributed by atoms with Crippen molar-refractivity contribution < 1.29 is 19.4 Å². The number of alkyl halides is 2. The Kier molecular flexibility index (Phi) is 6.05. The van der Waals surface area contributed by atoms with Crippen LogP contribution in [-0.2, 0) is 12.8 Å². The van der Waals surface area contributed by atoms with E-state index in [0.717, 1.165) is 41.0 Å². The molecule has 2 aliphatic carbocycles. The molecule has 2 aromatic rings. The van der Waals surface area contributed by atoms with Crippen molar-refractivity contribution in [3.8, 4) is 11.5 Å². The van der Waals surface area contributed by atoms with Gasteiger partial charge in [0.15, 0.2) is 5.78 Å². The second-order valence-corrected chi connectivity index (χ2v) is 8.57. The minimum atomic E-state index is -0.398. The van der Waals surface area contributed by atoms with Gasteiger partial charge < -0.3 is 14.6 Å². The van der Waals surface area contributed by atoms with E-state index < -0.39 is 6.10 Å². The summed E-state index contributed by atoms with van der Waals surface area (Å²) in [6, 6.07) is 11.5. The number of aliphatic hydroxyl groups excluding tert-OH is 1. The maximum atomic E-state index is 11.6. The molecular weight excluding hydrogens is 464 g/mol. The molecule has 4 rings (SSSR count). The van der Waals surface area contributed by atoms with Crippen LogP contribution >= 0.6 is 31.9 Å². The van der Waals surface area contributed by atoms with Crippen LogP contribution in [0, 0.1) is 0 Å². The summed E-state index contributed by atoms with van der Waals surface area (Å²) >= 11 is 6.78. The van der Waals surface area contributed by atoms with Crippen molar-refractivity contribution >= 4 is 37.6 Å². The average molecular weight is 484 g/mol. The minimum Gasteiger partial charge on any atom is -0.497 e. The molecule has 3 atom stereocenters. The van der Waals surface area contributed by atoms with Crippen LogP contribution in [0.1, 0.15) is 33.2 Å². The summed E-state index contributed by atoms with van der Waals surface area (Å²) in [4.78, 5) is 11.7. The molecule has 0 bridgehead atoms. The predicted molar refractivity (Wildman–Crippen MR) is 108 cm³/mol. The Labute approximate surface area is 169 Å². The molecule has 0 spiro atoms. The van der Waals surface area contributed by atoms with E-state index in [-0.39, 0.29) is 15.4 Å². The lowest BCUT2D eigenvalue weighted by molar-refractivity contribution is 0.100. The summed E-state index contributed by atoms with van der Waals surface area (Å²) in [7, 11) is 3.24. The maximum Gasteiger partial charge on any atom is 0.177 e. The largest absolute Gasteiger partial charge is 0.497 e. The van der Waals surface area contributed by atoms with Gasteiger partial charge in [0.25, 0.3) is 0 Å². The molecule has 3 unspecified atom stereocenters. The number of fused-ring (bicyclic) bond motifs is 2. The molecule has 4 nitrogen and oxygen atoms in total. The molecule has 26 heavy (non-hydrogen) atoms. The molecule has 0 aliphatic heterocycles. The van der Waals surface area contributed by atoms with E-state index in [1.165, 1.54) is 5.56 Å². The van der Waals surface area contributed by atoms with Gasteiger partial charge in [-0.1, -0.05) is 44.0 Å². The number of benzene rings is 2. The maximum absolute atomic E-state index is 11.6. The smallest absolute Gasteiger partial charge is 0.177 e. The minimum absolute atomic E-state index is 0.0467. The Morgan fingerprint density at radius 1 is 0.962 bits per heavy atom. The lowest BCUT2D eigenvalue weighted by atomic mass is 10.1. The normalized spacial score (nSPS) is 23.0. The molecule has 0 amide bonds. The zero-order valence-electron chi connectivity index (χ0n) is 14.5. The number of hydrogen-bond donors (Lipinski definition) is 1. The van der Waals surface area contributed by atoms with E-state index in [1.54, 1.807) is 20.3 Å². The summed E-state index contributed by atoms with van der Waals surface area (Å²) < 4.78 is 10.2. The van der Waals surface area contributed by atoms with Crippen LogP contribution in [0.4, 0.5) is 0 Å². The molecule has 0 saturated carbocycles. The van der Waals surface area contributed by atoms with Gasteiger partial charge in [-0.25, -0.2) is 0 Å². The molecule has 0 fully saturated rings. The molecular formula is C20H20Br2O4. The first-order valence-corrected chi connectivity index (χ1v) is 10.1. The van der Waals surface area contributed by atoms with E-state index in [1.807, 2.05) is 30.3 Å². The number of carbonyl (C=O) groups excluding carboxylic acids is 1. The van der Waals surface area contributed by atoms with Gasteiger partial charge in [-0.05, 0) is 53.8 Å². The first kappa shape index (κ1) is 19.4. The van der Waals surface area contributed by atoms with Gasteiger partial charge in [0.1, 0.15) is 11.5 Å². The van der Waals surface area contributed by atoms with E-state index in [2.05, 4.69) is 31.9 Å². The number of aliphatic hydroxyl groups is 1. The standard InChI is InChI=1S/C10H11BrO2.C10H9BrO2/c2*1-13-7-3-2-6-4-9(11)10(12)8(6)5-7/h2-3,5,9-10,12H,4H2,1H3;2-3,5,9H,4H2,1H3. The van der Waals surface area contributed by atoms with E-state index in [9.17, 15) is 9.90 Å². The summed E-state index contributed by atoms with van der Waals surface area (Å²) in [5, 5.41) is 9.77. The zero-order chi connectivity index (χ0) is 18.8. The van der Waals surface area contributed by atoms with Crippen LogP contribution < -0.4 is 9.47 Å². The number of hydrogen-bond acceptors (Lipinski definition) is 4. The number of ether oxygens (including phenoxy) is 2. The van der Waals surface area contributed by atoms with Crippen LogP contribution in [0.5, 0.6) is 11.5 Å². The topological polar surface area (TPSA) is 55.8 Å². The van der Waals surface area contributed by atoms with Gasteiger partial charge in [0.05, 0.1) is 25.2 Å². The van der Waals surface area contributed by atoms with Crippen LogP contribution in [0.15, 0.2) is 36.4 Å². The highest BCUT2D eigenvalue weighted by atomic mass is 79.9. The van der Waals surface area contributed by atoms with E-state index in [4.69, 9.17) is 9.47 Å². The number of halogens is 2. The van der Waals surface area contributed by atoms with E-state index >= 15 is 0 Å². The van der Waals surface area contributed by atoms with Crippen molar-refractivity contribution in [1.82, 2.24) is 0 Å². The Hall–Kier alpha value is -1.37. The number of methoxy groups -OCH3 is 2. The third-order valence-corrected chi connectivity index (χ3v) is 6.26. The molecule has 0 heterocycles. The van der Waals surface area contributed by atoms with Gasteiger partial charge in [0, 0.05) is 10.4 Å². The summed E-state index contributed by atoms with van der Waals surface area (Å²) in [6.07, 6.45) is 1.28. The average Bonchev–Trinajstić information content (AvgIpc) is 3.11. The number of Topliss-reactive ketones (excluding diaryl/α,β-unsaturated/α-hetero) is 1. The molecule has 1 N–H and O–H groups in total. The Bertz CT molecular complexity index is 821.